The van der Waals surface area contributed by atoms with E-state index in [2.05, 4.69) is 0 Å². The predicted octanol–water partition coefficient (Wildman–Crippen LogP) is 4.25. The lowest BCUT2D eigenvalue weighted by molar-refractivity contribution is -0.116. The van der Waals surface area contributed by atoms with E-state index < -0.39 is 23.6 Å². The third-order valence-electron chi connectivity index (χ3n) is 4.98. The molecule has 8 nitrogen and oxygen atoms in total. The van der Waals surface area contributed by atoms with E-state index in [9.17, 15) is 24.9 Å². The topological polar surface area (TPSA) is 126 Å². The molecule has 0 atom stereocenters. The van der Waals surface area contributed by atoms with Crippen LogP contribution in [-0.4, -0.2) is 34.8 Å². The molecule has 0 saturated carbocycles. The van der Waals surface area contributed by atoms with E-state index in [1.54, 1.807) is 37.5 Å². The number of ether oxygens (including phenoxy) is 2. The zero-order valence-electron chi connectivity index (χ0n) is 18.0. The molecule has 3 aromatic carbocycles. The van der Waals surface area contributed by atoms with Crippen LogP contribution in [0.4, 0.5) is 0 Å². The minimum Gasteiger partial charge on any atom is -0.508 e. The van der Waals surface area contributed by atoms with E-state index in [-0.39, 0.29) is 34.0 Å². The van der Waals surface area contributed by atoms with Gasteiger partial charge in [-0.2, -0.15) is 0 Å². The molecular formula is C26H20O8. The average Bonchev–Trinajstić information content (AvgIpc) is 2.82. The fraction of sp³-hybridized carbons (Fsp3) is 0.0769. The van der Waals surface area contributed by atoms with Crippen molar-refractivity contribution in [1.29, 1.82) is 0 Å². The number of hydrogen-bond acceptors (Lipinski definition) is 8. The number of rotatable bonds is 7. The molecule has 0 aliphatic heterocycles. The van der Waals surface area contributed by atoms with Gasteiger partial charge in [0.1, 0.15) is 34.0 Å². The number of carbonyl (C=O) groups is 1. The Bertz CT molecular complexity index is 1430. The third-order valence-corrected chi connectivity index (χ3v) is 4.98. The number of methoxy groups -OCH3 is 1. The predicted molar refractivity (Wildman–Crippen MR) is 125 cm³/mol. The van der Waals surface area contributed by atoms with Crippen molar-refractivity contribution < 1.29 is 34.0 Å². The second kappa shape index (κ2) is 9.41. The van der Waals surface area contributed by atoms with Gasteiger partial charge in [-0.3, -0.25) is 9.59 Å². The van der Waals surface area contributed by atoms with Gasteiger partial charge in [-0.15, -0.1) is 0 Å². The summed E-state index contributed by atoms with van der Waals surface area (Å²) in [6.07, 6.45) is 2.92. The maximum Gasteiger partial charge on any atom is 0.239 e. The summed E-state index contributed by atoms with van der Waals surface area (Å²) >= 11 is 0. The van der Waals surface area contributed by atoms with Gasteiger partial charge in [0.2, 0.25) is 11.2 Å². The van der Waals surface area contributed by atoms with E-state index in [0.717, 1.165) is 11.6 Å². The average molecular weight is 460 g/mol. The molecule has 0 amide bonds. The fourth-order valence-electron chi connectivity index (χ4n) is 3.30. The number of phenols is 3. The van der Waals surface area contributed by atoms with Crippen molar-refractivity contribution >= 4 is 22.8 Å². The molecule has 0 spiro atoms. The minimum atomic E-state index is -0.714. The van der Waals surface area contributed by atoms with Crippen molar-refractivity contribution in [1.82, 2.24) is 0 Å². The molecule has 8 heteroatoms. The van der Waals surface area contributed by atoms with Crippen molar-refractivity contribution in [2.24, 2.45) is 0 Å². The van der Waals surface area contributed by atoms with Gasteiger partial charge in [0.25, 0.3) is 0 Å². The van der Waals surface area contributed by atoms with Crippen LogP contribution < -0.4 is 14.9 Å². The quantitative estimate of drug-likeness (QED) is 0.350. The number of fused-ring (bicyclic) bond motifs is 1. The number of phenolic OH excluding ortho intramolecular Hbond substituents is 3. The molecule has 0 aliphatic carbocycles. The Morgan fingerprint density at radius 3 is 2.35 bits per heavy atom. The van der Waals surface area contributed by atoms with Crippen molar-refractivity contribution in [2.45, 2.75) is 0 Å². The lowest BCUT2D eigenvalue weighted by Crippen LogP contribution is -2.15. The van der Waals surface area contributed by atoms with Gasteiger partial charge in [0.05, 0.1) is 7.11 Å². The van der Waals surface area contributed by atoms with Crippen LogP contribution in [-0.2, 0) is 4.79 Å². The molecule has 3 N–H and O–H groups in total. The Kier molecular flexibility index (Phi) is 6.22. The van der Waals surface area contributed by atoms with E-state index in [4.69, 9.17) is 13.9 Å². The van der Waals surface area contributed by atoms with Crippen molar-refractivity contribution in [3.05, 3.63) is 82.5 Å². The van der Waals surface area contributed by atoms with E-state index >= 15 is 0 Å². The Morgan fingerprint density at radius 1 is 0.971 bits per heavy atom. The zero-order valence-corrected chi connectivity index (χ0v) is 18.0. The number of hydrogen-bond donors (Lipinski definition) is 3. The van der Waals surface area contributed by atoms with Crippen LogP contribution in [0.5, 0.6) is 28.7 Å². The van der Waals surface area contributed by atoms with Crippen LogP contribution in [0.1, 0.15) is 5.56 Å². The summed E-state index contributed by atoms with van der Waals surface area (Å²) in [5, 5.41) is 29.4. The molecule has 0 bridgehead atoms. The molecule has 4 aromatic rings. The van der Waals surface area contributed by atoms with Gasteiger partial charge < -0.3 is 29.2 Å². The van der Waals surface area contributed by atoms with Crippen LogP contribution >= 0.6 is 0 Å². The molecule has 0 saturated heterocycles. The maximum atomic E-state index is 13.2. The molecular weight excluding hydrogens is 440 g/mol. The monoisotopic (exact) mass is 460 g/mol. The van der Waals surface area contributed by atoms with Crippen LogP contribution in [0.3, 0.4) is 0 Å². The van der Waals surface area contributed by atoms with Crippen molar-refractivity contribution in [3.8, 4) is 40.1 Å². The van der Waals surface area contributed by atoms with Crippen LogP contribution in [0.15, 0.2) is 76.0 Å². The minimum absolute atomic E-state index is 0.00323. The normalized spacial score (nSPS) is 11.1. The summed E-state index contributed by atoms with van der Waals surface area (Å²) in [5.41, 5.74) is 0.377. The molecule has 34 heavy (non-hydrogen) atoms. The highest BCUT2D eigenvalue weighted by Crippen LogP contribution is 2.36. The summed E-state index contributed by atoms with van der Waals surface area (Å²) in [5.74, 6) is -0.813. The van der Waals surface area contributed by atoms with E-state index in [1.807, 2.05) is 0 Å². The number of benzene rings is 3. The van der Waals surface area contributed by atoms with Gasteiger partial charge >= 0.3 is 0 Å². The van der Waals surface area contributed by atoms with Gasteiger partial charge in [0.15, 0.2) is 18.2 Å². The van der Waals surface area contributed by atoms with Crippen molar-refractivity contribution in [2.75, 3.05) is 13.7 Å². The van der Waals surface area contributed by atoms with E-state index in [1.165, 1.54) is 36.4 Å². The molecule has 0 radical (unpaired) electrons. The first-order chi connectivity index (χ1) is 16.4. The summed E-state index contributed by atoms with van der Waals surface area (Å²) in [6, 6.07) is 15.1. The lowest BCUT2D eigenvalue weighted by atomic mass is 10.1. The molecule has 0 fully saturated rings. The molecule has 4 rings (SSSR count). The van der Waals surface area contributed by atoms with Gasteiger partial charge in [0, 0.05) is 17.7 Å². The Morgan fingerprint density at radius 2 is 1.68 bits per heavy atom. The van der Waals surface area contributed by atoms with Crippen LogP contribution in [0, 0.1) is 0 Å². The lowest BCUT2D eigenvalue weighted by Gasteiger charge is -2.12. The highest BCUT2D eigenvalue weighted by Gasteiger charge is 2.21. The number of aromatic hydroxyl groups is 3. The van der Waals surface area contributed by atoms with Gasteiger partial charge in [-0.1, -0.05) is 18.2 Å². The second-order valence-electron chi connectivity index (χ2n) is 7.34. The Balaban J connectivity index is 1.67. The Hall–Kier alpha value is -4.72. The molecule has 0 aliphatic rings. The summed E-state index contributed by atoms with van der Waals surface area (Å²) < 4.78 is 16.4. The SMILES string of the molecule is COc1ccc(/C=C/C(=O)COc2c(-c3ccc(O)cc3)oc3cc(O)cc(O)c3c2=O)cc1. The zero-order chi connectivity index (χ0) is 24.2. The standard InChI is InChI=1S/C26H20O8/c1-32-20-10-3-15(4-11-20)2-7-18(28)14-33-26-24(31)23-21(30)12-19(29)13-22(23)34-25(26)16-5-8-17(27)9-6-16/h2-13,27,29-30H,14H2,1H3/b7-2+. The summed E-state index contributed by atoms with van der Waals surface area (Å²) in [7, 11) is 1.56. The van der Waals surface area contributed by atoms with Crippen LogP contribution in [0.25, 0.3) is 28.4 Å². The highest BCUT2D eigenvalue weighted by atomic mass is 16.5. The maximum absolute atomic E-state index is 13.2. The first-order valence-electron chi connectivity index (χ1n) is 10.2. The summed E-state index contributed by atoms with van der Waals surface area (Å²) in [4.78, 5) is 25.6. The third kappa shape index (κ3) is 4.71. The first-order valence-corrected chi connectivity index (χ1v) is 10.2. The highest BCUT2D eigenvalue weighted by molar-refractivity contribution is 5.95. The summed E-state index contributed by atoms with van der Waals surface area (Å²) in [6.45, 7) is -0.465. The van der Waals surface area contributed by atoms with Crippen LogP contribution in [0.2, 0.25) is 0 Å². The Labute approximate surface area is 193 Å². The number of ketones is 1. The largest absolute Gasteiger partial charge is 0.508 e. The molecule has 1 aromatic heterocycles. The molecule has 1 heterocycles. The van der Waals surface area contributed by atoms with E-state index in [0.29, 0.717) is 11.3 Å². The molecule has 0 unspecified atom stereocenters. The van der Waals surface area contributed by atoms with Gasteiger partial charge in [-0.25, -0.2) is 0 Å². The molecule has 172 valence electrons. The fourth-order valence-corrected chi connectivity index (χ4v) is 3.30. The first kappa shape index (κ1) is 22.5. The smallest absolute Gasteiger partial charge is 0.239 e. The number of carbonyl (C=O) groups excluding carboxylic acids is 1. The van der Waals surface area contributed by atoms with Gasteiger partial charge in [-0.05, 0) is 48.0 Å². The van der Waals surface area contributed by atoms with Crippen molar-refractivity contribution in [3.63, 3.8) is 0 Å². The second-order valence-corrected chi connectivity index (χ2v) is 7.34.